The smallest absolute Gasteiger partial charge is 0.323 e. The molecule has 1 saturated heterocycles. The Labute approximate surface area is 302 Å². The molecule has 0 aromatic heterocycles. The second-order valence-corrected chi connectivity index (χ2v) is 16.5. The normalized spacial score (nSPS) is 19.3. The van der Waals surface area contributed by atoms with Gasteiger partial charge in [0.2, 0.25) is 0 Å². The highest BCUT2D eigenvalue weighted by Gasteiger charge is 2.41. The Morgan fingerprint density at radius 3 is 1.92 bits per heavy atom. The van der Waals surface area contributed by atoms with Gasteiger partial charge in [-0.2, -0.15) is 16.8 Å². The summed E-state index contributed by atoms with van der Waals surface area (Å²) in [7, 11) is -4.68. The summed E-state index contributed by atoms with van der Waals surface area (Å²) < 4.78 is 75.9. The lowest BCUT2D eigenvalue weighted by Gasteiger charge is -2.47. The van der Waals surface area contributed by atoms with Gasteiger partial charge in [-0.25, -0.2) is 0 Å². The first-order valence-electron chi connectivity index (χ1n) is 16.9. The van der Waals surface area contributed by atoms with E-state index >= 15 is 0 Å². The van der Waals surface area contributed by atoms with Crippen molar-refractivity contribution in [3.8, 4) is 11.5 Å². The number of nitrogens with two attached hydrogens (primary N) is 1. The minimum absolute atomic E-state index is 0.0632. The Kier molecular flexibility index (Phi) is 15.0. The van der Waals surface area contributed by atoms with E-state index in [2.05, 4.69) is 30.9 Å². The van der Waals surface area contributed by atoms with E-state index in [9.17, 15) is 21.6 Å². The molecule has 14 heteroatoms. The van der Waals surface area contributed by atoms with Crippen molar-refractivity contribution < 1.29 is 44.9 Å². The number of rotatable bonds is 9. The predicted molar refractivity (Wildman–Crippen MR) is 195 cm³/mol. The lowest BCUT2D eigenvalue weighted by atomic mass is 9.79. The lowest BCUT2D eigenvalue weighted by molar-refractivity contribution is -0.160. The Hall–Kier alpha value is -3.53. The summed E-state index contributed by atoms with van der Waals surface area (Å²) in [5.74, 6) is 2.18. The van der Waals surface area contributed by atoms with Crippen molar-refractivity contribution in [1.29, 1.82) is 0 Å². The number of carbonyl (C=O) groups excluding carboxylic acids is 1. The molecule has 0 saturated carbocycles. The number of methoxy groups -OCH3 is 2. The summed E-state index contributed by atoms with van der Waals surface area (Å²) in [5.41, 5.74) is 9.59. The molecule has 2 aliphatic rings. The number of piperidine rings is 1. The lowest BCUT2D eigenvalue weighted by Crippen LogP contribution is -2.51. The van der Waals surface area contributed by atoms with Gasteiger partial charge >= 0.3 is 5.97 Å². The highest BCUT2D eigenvalue weighted by atomic mass is 32.2. The topological polar surface area (TPSA) is 183 Å². The van der Waals surface area contributed by atoms with E-state index in [1.54, 1.807) is 44.6 Å². The maximum Gasteiger partial charge on any atom is 0.323 e. The minimum atomic E-state index is -4.02. The molecule has 4 atom stereocenters. The van der Waals surface area contributed by atoms with Crippen LogP contribution in [0.3, 0.4) is 0 Å². The molecule has 0 aliphatic carbocycles. The molecule has 0 radical (unpaired) electrons. The third-order valence-electron chi connectivity index (χ3n) is 8.96. The van der Waals surface area contributed by atoms with E-state index in [-0.39, 0.29) is 33.8 Å². The average molecular weight is 749 g/mol. The minimum Gasteiger partial charge on any atom is -0.493 e. The van der Waals surface area contributed by atoms with Gasteiger partial charge < -0.3 is 19.9 Å². The first kappa shape index (κ1) is 41.9. The van der Waals surface area contributed by atoms with Gasteiger partial charge in [0.25, 0.3) is 20.2 Å². The van der Waals surface area contributed by atoms with Gasteiger partial charge in [0, 0.05) is 31.5 Å². The van der Waals surface area contributed by atoms with Crippen molar-refractivity contribution in [3.63, 3.8) is 0 Å². The van der Waals surface area contributed by atoms with Crippen LogP contribution in [0.15, 0.2) is 76.5 Å². The standard InChI is InChI=1S/C24H38N2O4.C7H8O3S.C6H6O3S/c1-14(2)9-17-13-26-8-7-16-10-21(28-5)22(29-6)11-18(16)19(26)12-20(17)30-24(27)23(25)15(3)4;1-6-2-4-7(5-3-6)11(8,9)10;7-10(8,9)6-4-2-1-3-5-6/h10-11,14-15,17,19-20,23H,7-9,12-13,25H2,1-6H3;2-5H,1H3,(H,8,9,10);1-5H,(H,7,8,9)/t17-,19-,20-,23+;;/m1../s1. The number of hydrogen-bond acceptors (Lipinski definition) is 10. The second-order valence-electron chi connectivity index (χ2n) is 13.6. The summed E-state index contributed by atoms with van der Waals surface area (Å²) in [6.45, 7) is 12.2. The fourth-order valence-corrected chi connectivity index (χ4v) is 7.17. The molecule has 12 nitrogen and oxygen atoms in total. The van der Waals surface area contributed by atoms with Crippen LogP contribution in [0.25, 0.3) is 0 Å². The highest BCUT2D eigenvalue weighted by Crippen LogP contribution is 2.44. The Balaban J connectivity index is 0.000000271. The summed E-state index contributed by atoms with van der Waals surface area (Å²) in [5, 5.41) is 0. The van der Waals surface area contributed by atoms with Gasteiger partial charge in [-0.05, 0) is 79.1 Å². The van der Waals surface area contributed by atoms with Gasteiger partial charge in [0.1, 0.15) is 12.1 Å². The first-order valence-corrected chi connectivity index (χ1v) is 19.7. The predicted octanol–water partition coefficient (Wildman–Crippen LogP) is 5.74. The van der Waals surface area contributed by atoms with E-state index < -0.39 is 26.3 Å². The average Bonchev–Trinajstić information content (AvgIpc) is 3.07. The molecule has 51 heavy (non-hydrogen) atoms. The molecular formula is C37H52N2O10S2. The molecule has 0 bridgehead atoms. The number of benzene rings is 3. The fraction of sp³-hybridized carbons (Fsp3) is 0.486. The van der Waals surface area contributed by atoms with Crippen molar-refractivity contribution in [2.24, 2.45) is 23.5 Å². The SMILES string of the molecule is COc1cc2c(cc1OC)[C@H]1C[C@@H](OC(=O)[C@@H](N)C(C)C)[C@H](CC(C)C)CN1CC2.Cc1ccc(S(=O)(=O)O)cc1.O=S(=O)(O)c1ccccc1. The maximum atomic E-state index is 12.7. The van der Waals surface area contributed by atoms with Crippen LogP contribution >= 0.6 is 0 Å². The molecule has 0 spiro atoms. The van der Waals surface area contributed by atoms with E-state index in [0.717, 1.165) is 49.4 Å². The van der Waals surface area contributed by atoms with Crippen LogP contribution in [-0.2, 0) is 36.2 Å². The fourth-order valence-electron chi connectivity index (χ4n) is 6.18. The third-order valence-corrected chi connectivity index (χ3v) is 10.7. The zero-order valence-corrected chi connectivity index (χ0v) is 32.0. The molecule has 4 N–H and O–H groups in total. The summed E-state index contributed by atoms with van der Waals surface area (Å²) in [6.07, 6.45) is 2.70. The Morgan fingerprint density at radius 1 is 0.882 bits per heavy atom. The number of aryl methyl sites for hydroxylation is 1. The summed E-state index contributed by atoms with van der Waals surface area (Å²) >= 11 is 0. The van der Waals surface area contributed by atoms with Crippen LogP contribution in [0, 0.1) is 24.7 Å². The molecular weight excluding hydrogens is 697 g/mol. The second kappa shape index (κ2) is 18.3. The maximum absolute atomic E-state index is 12.7. The third kappa shape index (κ3) is 12.0. The van der Waals surface area contributed by atoms with Crippen LogP contribution < -0.4 is 15.2 Å². The summed E-state index contributed by atoms with van der Waals surface area (Å²) in [6, 6.07) is 17.2. The first-order chi connectivity index (χ1) is 23.8. The quantitative estimate of drug-likeness (QED) is 0.179. The Morgan fingerprint density at radius 2 is 1.43 bits per heavy atom. The van der Waals surface area contributed by atoms with E-state index in [1.807, 2.05) is 20.8 Å². The van der Waals surface area contributed by atoms with Gasteiger partial charge in [-0.1, -0.05) is 63.6 Å². The van der Waals surface area contributed by atoms with E-state index in [0.29, 0.717) is 11.8 Å². The van der Waals surface area contributed by atoms with Crippen LogP contribution in [-0.4, -0.2) is 76.3 Å². The highest BCUT2D eigenvalue weighted by molar-refractivity contribution is 7.86. The molecule has 5 rings (SSSR count). The molecule has 2 aliphatic heterocycles. The van der Waals surface area contributed by atoms with Crippen LogP contribution in [0.1, 0.15) is 63.3 Å². The van der Waals surface area contributed by atoms with E-state index in [1.165, 1.54) is 35.4 Å². The number of esters is 1. The van der Waals surface area contributed by atoms with Gasteiger partial charge in [0.15, 0.2) is 11.5 Å². The number of fused-ring (bicyclic) bond motifs is 3. The summed E-state index contributed by atoms with van der Waals surface area (Å²) in [4.78, 5) is 15.1. The molecule has 1 fully saturated rings. The van der Waals surface area contributed by atoms with Crippen molar-refractivity contribution in [2.75, 3.05) is 27.3 Å². The van der Waals surface area contributed by atoms with Crippen molar-refractivity contribution in [1.82, 2.24) is 4.90 Å². The van der Waals surface area contributed by atoms with Crippen LogP contribution in [0.2, 0.25) is 0 Å². The largest absolute Gasteiger partial charge is 0.493 e. The van der Waals surface area contributed by atoms with Gasteiger partial charge in [0.05, 0.1) is 24.0 Å². The molecule has 0 unspecified atom stereocenters. The zero-order valence-electron chi connectivity index (χ0n) is 30.4. The number of ether oxygens (including phenoxy) is 3. The van der Waals surface area contributed by atoms with Gasteiger partial charge in [-0.15, -0.1) is 0 Å². The molecule has 282 valence electrons. The number of nitrogens with zero attached hydrogens (tertiary/aromatic N) is 1. The number of carbonyl (C=O) groups is 1. The van der Waals surface area contributed by atoms with Crippen LogP contribution in [0.4, 0.5) is 0 Å². The molecule has 2 heterocycles. The molecule has 3 aromatic rings. The van der Waals surface area contributed by atoms with Crippen LogP contribution in [0.5, 0.6) is 11.5 Å². The zero-order chi connectivity index (χ0) is 38.1. The molecule has 3 aromatic carbocycles. The van der Waals surface area contributed by atoms with Crippen molar-refractivity contribution >= 4 is 26.2 Å². The van der Waals surface area contributed by atoms with Gasteiger partial charge in [-0.3, -0.25) is 18.8 Å². The number of hydrogen-bond donors (Lipinski definition) is 3. The van der Waals surface area contributed by atoms with Crippen molar-refractivity contribution in [2.45, 2.75) is 81.9 Å². The molecule has 0 amide bonds. The Bertz CT molecular complexity index is 1800. The van der Waals surface area contributed by atoms with Crippen molar-refractivity contribution in [3.05, 3.63) is 83.4 Å². The monoisotopic (exact) mass is 748 g/mol. The van der Waals surface area contributed by atoms with E-state index in [4.69, 9.17) is 29.0 Å².